The average Bonchev–Trinajstić information content (AvgIpc) is 2.85. The summed E-state index contributed by atoms with van der Waals surface area (Å²) in [6.45, 7) is 0. The number of benzene rings is 1. The second-order valence-electron chi connectivity index (χ2n) is 4.08. The standard InChI is InChI=1S/C11H12ClN3/c12-9-6-3-7-10-11(9)15(14-13-10)8-4-1-2-5-8/h3,6-8H,1-2,4-5H2. The maximum Gasteiger partial charge on any atom is 0.114 e. The number of rotatable bonds is 1. The van der Waals surface area contributed by atoms with Crippen LogP contribution in [0.4, 0.5) is 0 Å². The average molecular weight is 222 g/mol. The number of nitrogens with zero attached hydrogens (tertiary/aromatic N) is 3. The van der Waals surface area contributed by atoms with Crippen LogP contribution in [0.25, 0.3) is 11.0 Å². The topological polar surface area (TPSA) is 30.7 Å². The zero-order chi connectivity index (χ0) is 10.3. The van der Waals surface area contributed by atoms with Crippen molar-refractivity contribution in [3.8, 4) is 0 Å². The molecule has 1 aromatic carbocycles. The number of hydrogen-bond donors (Lipinski definition) is 0. The predicted octanol–water partition coefficient (Wildman–Crippen LogP) is 3.20. The van der Waals surface area contributed by atoms with Crippen LogP contribution in [-0.4, -0.2) is 15.0 Å². The second-order valence-corrected chi connectivity index (χ2v) is 4.49. The Balaban J connectivity index is 2.18. The van der Waals surface area contributed by atoms with Gasteiger partial charge in [-0.2, -0.15) is 0 Å². The Morgan fingerprint density at radius 2 is 2.07 bits per heavy atom. The number of para-hydroxylation sites is 1. The van der Waals surface area contributed by atoms with Crippen LogP contribution in [0.2, 0.25) is 5.02 Å². The highest BCUT2D eigenvalue weighted by atomic mass is 35.5. The van der Waals surface area contributed by atoms with Gasteiger partial charge < -0.3 is 0 Å². The predicted molar refractivity (Wildman–Crippen MR) is 60.0 cm³/mol. The molecule has 3 rings (SSSR count). The molecular weight excluding hydrogens is 210 g/mol. The summed E-state index contributed by atoms with van der Waals surface area (Å²) < 4.78 is 2.00. The lowest BCUT2D eigenvalue weighted by Crippen LogP contribution is -2.06. The maximum absolute atomic E-state index is 6.18. The van der Waals surface area contributed by atoms with Crippen LogP contribution in [-0.2, 0) is 0 Å². The molecule has 3 nitrogen and oxygen atoms in total. The molecule has 1 aromatic heterocycles. The zero-order valence-electron chi connectivity index (χ0n) is 8.36. The van der Waals surface area contributed by atoms with E-state index >= 15 is 0 Å². The van der Waals surface area contributed by atoms with Crippen molar-refractivity contribution in [2.45, 2.75) is 31.7 Å². The van der Waals surface area contributed by atoms with Crippen LogP contribution in [0.15, 0.2) is 18.2 Å². The van der Waals surface area contributed by atoms with Gasteiger partial charge in [0.2, 0.25) is 0 Å². The molecule has 0 bridgehead atoms. The molecule has 0 radical (unpaired) electrons. The van der Waals surface area contributed by atoms with E-state index in [1.165, 1.54) is 25.7 Å². The first-order valence-electron chi connectivity index (χ1n) is 5.35. The molecule has 78 valence electrons. The van der Waals surface area contributed by atoms with Gasteiger partial charge in [0.25, 0.3) is 0 Å². The normalized spacial score (nSPS) is 17.7. The van der Waals surface area contributed by atoms with Gasteiger partial charge in [-0.1, -0.05) is 35.7 Å². The van der Waals surface area contributed by atoms with Crippen LogP contribution in [0.3, 0.4) is 0 Å². The number of fused-ring (bicyclic) bond motifs is 1. The molecule has 0 unspecified atom stereocenters. The summed E-state index contributed by atoms with van der Waals surface area (Å²) in [5.74, 6) is 0. The van der Waals surface area contributed by atoms with Gasteiger partial charge in [-0.25, -0.2) is 4.68 Å². The third kappa shape index (κ3) is 1.42. The van der Waals surface area contributed by atoms with E-state index in [-0.39, 0.29) is 0 Å². The Morgan fingerprint density at radius 1 is 1.27 bits per heavy atom. The van der Waals surface area contributed by atoms with Crippen LogP contribution in [0.5, 0.6) is 0 Å². The molecule has 1 aliphatic rings. The molecule has 0 aliphatic heterocycles. The molecule has 1 fully saturated rings. The lowest BCUT2D eigenvalue weighted by Gasteiger charge is -2.10. The fourth-order valence-corrected chi connectivity index (χ4v) is 2.61. The lowest BCUT2D eigenvalue weighted by molar-refractivity contribution is 0.467. The van der Waals surface area contributed by atoms with Crippen molar-refractivity contribution in [2.24, 2.45) is 0 Å². The van der Waals surface area contributed by atoms with Crippen molar-refractivity contribution in [2.75, 3.05) is 0 Å². The summed E-state index contributed by atoms with van der Waals surface area (Å²) in [4.78, 5) is 0. The van der Waals surface area contributed by atoms with Gasteiger partial charge in [0, 0.05) is 0 Å². The summed E-state index contributed by atoms with van der Waals surface area (Å²) in [6, 6.07) is 6.27. The third-order valence-corrected chi connectivity index (χ3v) is 3.42. The molecule has 4 heteroatoms. The van der Waals surface area contributed by atoms with E-state index in [0.717, 1.165) is 16.1 Å². The first-order valence-corrected chi connectivity index (χ1v) is 5.73. The Morgan fingerprint density at radius 3 is 2.87 bits per heavy atom. The van der Waals surface area contributed by atoms with E-state index < -0.39 is 0 Å². The Hall–Kier alpha value is -1.09. The molecule has 1 aliphatic carbocycles. The van der Waals surface area contributed by atoms with Gasteiger partial charge in [-0.05, 0) is 25.0 Å². The van der Waals surface area contributed by atoms with Crippen LogP contribution in [0, 0.1) is 0 Å². The van der Waals surface area contributed by atoms with E-state index in [9.17, 15) is 0 Å². The maximum atomic E-state index is 6.18. The molecule has 1 heterocycles. The summed E-state index contributed by atoms with van der Waals surface area (Å²) in [5, 5.41) is 9.13. The third-order valence-electron chi connectivity index (χ3n) is 3.11. The van der Waals surface area contributed by atoms with Crippen molar-refractivity contribution in [1.29, 1.82) is 0 Å². The highest BCUT2D eigenvalue weighted by Crippen LogP contribution is 2.32. The quantitative estimate of drug-likeness (QED) is 0.741. The van der Waals surface area contributed by atoms with E-state index in [1.54, 1.807) is 0 Å². The first kappa shape index (κ1) is 9.16. The van der Waals surface area contributed by atoms with Gasteiger partial charge in [0.1, 0.15) is 11.0 Å². The minimum Gasteiger partial charge on any atom is -0.240 e. The largest absolute Gasteiger partial charge is 0.240 e. The summed E-state index contributed by atoms with van der Waals surface area (Å²) in [5.41, 5.74) is 1.89. The SMILES string of the molecule is Clc1cccc2nnn(C3CCCC3)c12. The van der Waals surface area contributed by atoms with E-state index in [0.29, 0.717) is 6.04 Å². The molecule has 0 spiro atoms. The molecule has 15 heavy (non-hydrogen) atoms. The zero-order valence-corrected chi connectivity index (χ0v) is 9.11. The lowest BCUT2D eigenvalue weighted by atomic mass is 10.2. The molecule has 0 atom stereocenters. The minimum absolute atomic E-state index is 0.495. The molecule has 1 saturated carbocycles. The fraction of sp³-hybridized carbons (Fsp3) is 0.455. The number of halogens is 1. The summed E-state index contributed by atoms with van der Waals surface area (Å²) in [6.07, 6.45) is 4.97. The Kier molecular flexibility index (Phi) is 2.13. The van der Waals surface area contributed by atoms with E-state index in [1.807, 2.05) is 22.9 Å². The van der Waals surface area contributed by atoms with Crippen molar-refractivity contribution < 1.29 is 0 Å². The van der Waals surface area contributed by atoms with Crippen molar-refractivity contribution in [1.82, 2.24) is 15.0 Å². The Labute approximate surface area is 93.0 Å². The molecular formula is C11H12ClN3. The molecule has 0 N–H and O–H groups in total. The fourth-order valence-electron chi connectivity index (χ4n) is 2.36. The van der Waals surface area contributed by atoms with Crippen molar-refractivity contribution >= 4 is 22.6 Å². The smallest absolute Gasteiger partial charge is 0.114 e. The summed E-state index contributed by atoms with van der Waals surface area (Å²) in [7, 11) is 0. The van der Waals surface area contributed by atoms with E-state index in [2.05, 4.69) is 10.3 Å². The first-order chi connectivity index (χ1) is 7.36. The van der Waals surface area contributed by atoms with Gasteiger partial charge in [-0.15, -0.1) is 5.10 Å². The summed E-state index contributed by atoms with van der Waals surface area (Å²) >= 11 is 6.18. The van der Waals surface area contributed by atoms with Crippen molar-refractivity contribution in [3.05, 3.63) is 23.2 Å². The second kappa shape index (κ2) is 3.49. The van der Waals surface area contributed by atoms with Crippen LogP contribution in [0.1, 0.15) is 31.7 Å². The van der Waals surface area contributed by atoms with Gasteiger partial charge in [0.15, 0.2) is 0 Å². The molecule has 0 amide bonds. The molecule has 0 saturated heterocycles. The number of hydrogen-bond acceptors (Lipinski definition) is 2. The van der Waals surface area contributed by atoms with Crippen molar-refractivity contribution in [3.63, 3.8) is 0 Å². The Bertz CT molecular complexity index is 486. The molecule has 2 aromatic rings. The van der Waals surface area contributed by atoms with Crippen LogP contribution < -0.4 is 0 Å². The van der Waals surface area contributed by atoms with Gasteiger partial charge >= 0.3 is 0 Å². The highest BCUT2D eigenvalue weighted by Gasteiger charge is 2.20. The number of aromatic nitrogens is 3. The van der Waals surface area contributed by atoms with Gasteiger partial charge in [-0.3, -0.25) is 0 Å². The van der Waals surface area contributed by atoms with Gasteiger partial charge in [0.05, 0.1) is 11.1 Å². The van der Waals surface area contributed by atoms with Crippen LogP contribution >= 0.6 is 11.6 Å². The van der Waals surface area contributed by atoms with E-state index in [4.69, 9.17) is 11.6 Å². The monoisotopic (exact) mass is 221 g/mol. The minimum atomic E-state index is 0.495. The highest BCUT2D eigenvalue weighted by molar-refractivity contribution is 6.34.